The summed E-state index contributed by atoms with van der Waals surface area (Å²) in [4.78, 5) is 13.8. The van der Waals surface area contributed by atoms with E-state index in [1.165, 1.54) is 5.56 Å². The van der Waals surface area contributed by atoms with Crippen LogP contribution in [-0.2, 0) is 16.8 Å². The van der Waals surface area contributed by atoms with Crippen molar-refractivity contribution in [2.45, 2.75) is 25.8 Å². The first-order valence-electron chi connectivity index (χ1n) is 5.54. The molecule has 0 saturated carbocycles. The van der Waals surface area contributed by atoms with Crippen molar-refractivity contribution in [3.63, 3.8) is 0 Å². The van der Waals surface area contributed by atoms with Gasteiger partial charge < -0.3 is 10.2 Å². The Bertz CT molecular complexity index is 438. The van der Waals surface area contributed by atoms with Crippen molar-refractivity contribution in [2.75, 3.05) is 19.0 Å². The number of benzene rings is 1. The summed E-state index contributed by atoms with van der Waals surface area (Å²) in [5.41, 5.74) is 2.99. The lowest BCUT2D eigenvalue weighted by atomic mass is 9.85. The van der Waals surface area contributed by atoms with Crippen molar-refractivity contribution in [1.29, 1.82) is 0 Å². The molecule has 3 nitrogen and oxygen atoms in total. The minimum Gasteiger partial charge on any atom is -0.316 e. The van der Waals surface area contributed by atoms with Gasteiger partial charge in [0.1, 0.15) is 0 Å². The van der Waals surface area contributed by atoms with Crippen molar-refractivity contribution >= 4 is 11.6 Å². The summed E-state index contributed by atoms with van der Waals surface area (Å²) in [5, 5.41) is 3.13. The van der Waals surface area contributed by atoms with Crippen LogP contribution in [0.4, 0.5) is 5.69 Å². The molecule has 86 valence electrons. The fraction of sp³-hybridized carbons (Fsp3) is 0.462. The van der Waals surface area contributed by atoms with E-state index in [9.17, 15) is 4.79 Å². The molecule has 1 aromatic rings. The first kappa shape index (κ1) is 11.1. The van der Waals surface area contributed by atoms with Gasteiger partial charge in [-0.2, -0.15) is 0 Å². The molecule has 0 atom stereocenters. The molecule has 3 heteroatoms. The van der Waals surface area contributed by atoms with Gasteiger partial charge in [-0.1, -0.05) is 12.1 Å². The van der Waals surface area contributed by atoms with Gasteiger partial charge in [-0.05, 0) is 38.1 Å². The molecule has 1 heterocycles. The number of carbonyl (C=O) groups is 1. The number of anilines is 1. The Kier molecular flexibility index (Phi) is 2.50. The highest BCUT2D eigenvalue weighted by atomic mass is 16.2. The minimum atomic E-state index is -0.395. The van der Waals surface area contributed by atoms with Gasteiger partial charge in [0.05, 0.1) is 5.41 Å². The van der Waals surface area contributed by atoms with Crippen molar-refractivity contribution in [3.05, 3.63) is 29.3 Å². The van der Waals surface area contributed by atoms with Crippen LogP contribution < -0.4 is 10.2 Å². The first-order chi connectivity index (χ1) is 7.48. The molecule has 0 radical (unpaired) electrons. The summed E-state index contributed by atoms with van der Waals surface area (Å²) >= 11 is 0. The first-order valence-corrected chi connectivity index (χ1v) is 5.54. The van der Waals surface area contributed by atoms with E-state index in [0.29, 0.717) is 0 Å². The van der Waals surface area contributed by atoms with Gasteiger partial charge in [0.2, 0.25) is 5.91 Å². The fourth-order valence-corrected chi connectivity index (χ4v) is 2.33. The summed E-state index contributed by atoms with van der Waals surface area (Å²) in [6.07, 6.45) is 0. The van der Waals surface area contributed by atoms with E-state index >= 15 is 0 Å². The summed E-state index contributed by atoms with van der Waals surface area (Å²) in [6, 6.07) is 6.24. The SMILES string of the molecule is CNCc1ccc2c(c1)C(C)(C)C(=O)N2C. The van der Waals surface area contributed by atoms with Crippen molar-refractivity contribution in [3.8, 4) is 0 Å². The van der Waals surface area contributed by atoms with Crippen LogP contribution >= 0.6 is 0 Å². The molecule has 1 amide bonds. The van der Waals surface area contributed by atoms with Crippen LogP contribution in [0.25, 0.3) is 0 Å². The lowest BCUT2D eigenvalue weighted by Crippen LogP contribution is -2.33. The zero-order valence-electron chi connectivity index (χ0n) is 10.3. The predicted molar refractivity (Wildman–Crippen MR) is 65.6 cm³/mol. The highest BCUT2D eigenvalue weighted by Crippen LogP contribution is 2.40. The molecule has 1 aliphatic heterocycles. The molecule has 0 aliphatic carbocycles. The third-order valence-electron chi connectivity index (χ3n) is 3.32. The third kappa shape index (κ3) is 1.43. The van der Waals surface area contributed by atoms with Crippen molar-refractivity contribution in [2.24, 2.45) is 0 Å². The number of hydrogen-bond donors (Lipinski definition) is 1. The Labute approximate surface area is 96.5 Å². The molecular formula is C13H18N2O. The second kappa shape index (κ2) is 3.59. The fourth-order valence-electron chi connectivity index (χ4n) is 2.33. The van der Waals surface area contributed by atoms with Crippen LogP contribution in [0.15, 0.2) is 18.2 Å². The van der Waals surface area contributed by atoms with Gasteiger partial charge in [0, 0.05) is 19.3 Å². The number of fused-ring (bicyclic) bond motifs is 1. The average Bonchev–Trinajstić information content (AvgIpc) is 2.42. The molecule has 0 saturated heterocycles. The Morgan fingerprint density at radius 2 is 2.06 bits per heavy atom. The number of rotatable bonds is 2. The minimum absolute atomic E-state index is 0.170. The smallest absolute Gasteiger partial charge is 0.236 e. The van der Waals surface area contributed by atoms with E-state index in [2.05, 4.69) is 17.4 Å². The topological polar surface area (TPSA) is 32.3 Å². The Hall–Kier alpha value is -1.35. The van der Waals surface area contributed by atoms with Crippen LogP contribution in [0.1, 0.15) is 25.0 Å². The van der Waals surface area contributed by atoms with Crippen molar-refractivity contribution in [1.82, 2.24) is 5.32 Å². The lowest BCUT2D eigenvalue weighted by molar-refractivity contribution is -0.121. The van der Waals surface area contributed by atoms with Gasteiger partial charge in [-0.25, -0.2) is 0 Å². The van der Waals surface area contributed by atoms with Gasteiger partial charge in [0.15, 0.2) is 0 Å². The van der Waals surface area contributed by atoms with Crippen LogP contribution in [-0.4, -0.2) is 20.0 Å². The number of nitrogens with zero attached hydrogens (tertiary/aromatic N) is 1. The summed E-state index contributed by atoms with van der Waals surface area (Å²) < 4.78 is 0. The van der Waals surface area contributed by atoms with Gasteiger partial charge in [-0.3, -0.25) is 4.79 Å². The monoisotopic (exact) mass is 218 g/mol. The maximum absolute atomic E-state index is 12.1. The van der Waals surface area contributed by atoms with Crippen LogP contribution in [0.3, 0.4) is 0 Å². The largest absolute Gasteiger partial charge is 0.316 e. The molecule has 1 aromatic carbocycles. The molecule has 0 spiro atoms. The maximum Gasteiger partial charge on any atom is 0.236 e. The molecule has 0 aromatic heterocycles. The average molecular weight is 218 g/mol. The summed E-state index contributed by atoms with van der Waals surface area (Å²) in [7, 11) is 3.77. The standard InChI is InChI=1S/C13H18N2O/c1-13(2)10-7-9(8-14-3)5-6-11(10)15(4)12(13)16/h5-7,14H,8H2,1-4H3. The van der Waals surface area contributed by atoms with Crippen LogP contribution in [0, 0.1) is 0 Å². The molecule has 1 N–H and O–H groups in total. The molecule has 2 rings (SSSR count). The van der Waals surface area contributed by atoms with Gasteiger partial charge in [-0.15, -0.1) is 0 Å². The van der Waals surface area contributed by atoms with E-state index in [4.69, 9.17) is 0 Å². The van der Waals surface area contributed by atoms with Gasteiger partial charge in [0.25, 0.3) is 0 Å². The summed E-state index contributed by atoms with van der Waals surface area (Å²) in [6.45, 7) is 4.81. The molecule has 1 aliphatic rings. The van der Waals surface area contributed by atoms with Crippen LogP contribution in [0.5, 0.6) is 0 Å². The second-order valence-electron chi connectivity index (χ2n) is 4.87. The molecule has 0 fully saturated rings. The van der Waals surface area contributed by atoms with Gasteiger partial charge >= 0.3 is 0 Å². The lowest BCUT2D eigenvalue weighted by Gasteiger charge is -2.16. The maximum atomic E-state index is 12.1. The van der Waals surface area contributed by atoms with E-state index in [-0.39, 0.29) is 5.91 Å². The zero-order valence-corrected chi connectivity index (χ0v) is 10.3. The predicted octanol–water partition coefficient (Wildman–Crippen LogP) is 1.66. The second-order valence-corrected chi connectivity index (χ2v) is 4.87. The number of nitrogens with one attached hydrogen (secondary N) is 1. The Morgan fingerprint density at radius 1 is 1.38 bits per heavy atom. The van der Waals surface area contributed by atoms with Crippen LogP contribution in [0.2, 0.25) is 0 Å². The molecular weight excluding hydrogens is 200 g/mol. The number of hydrogen-bond acceptors (Lipinski definition) is 2. The molecule has 0 bridgehead atoms. The third-order valence-corrected chi connectivity index (χ3v) is 3.32. The molecule has 16 heavy (non-hydrogen) atoms. The highest BCUT2D eigenvalue weighted by Gasteiger charge is 2.41. The van der Waals surface area contributed by atoms with Crippen molar-refractivity contribution < 1.29 is 4.79 Å². The molecule has 0 unspecified atom stereocenters. The van der Waals surface area contributed by atoms with E-state index < -0.39 is 5.41 Å². The Morgan fingerprint density at radius 3 is 2.69 bits per heavy atom. The van der Waals surface area contributed by atoms with E-state index in [1.54, 1.807) is 4.90 Å². The zero-order chi connectivity index (χ0) is 11.9. The summed E-state index contributed by atoms with van der Waals surface area (Å²) in [5.74, 6) is 0.170. The van der Waals surface area contributed by atoms with E-state index in [0.717, 1.165) is 17.8 Å². The Balaban J connectivity index is 2.52. The number of carbonyl (C=O) groups excluding carboxylic acids is 1. The highest BCUT2D eigenvalue weighted by molar-refractivity contribution is 6.07. The van der Waals surface area contributed by atoms with E-state index in [1.807, 2.05) is 34.0 Å². The quantitative estimate of drug-likeness (QED) is 0.818. The number of amides is 1. The normalized spacial score (nSPS) is 17.8. The number of likely N-dealkylation sites (N-methyl/N-ethyl adjacent to an activating group) is 1.